The van der Waals surface area contributed by atoms with E-state index in [-0.39, 0.29) is 17.9 Å². The minimum Gasteiger partial charge on any atom is -0.481 e. The van der Waals surface area contributed by atoms with Crippen LogP contribution in [0.3, 0.4) is 0 Å². The van der Waals surface area contributed by atoms with Crippen molar-refractivity contribution in [1.29, 1.82) is 0 Å². The van der Waals surface area contributed by atoms with Gasteiger partial charge in [0.15, 0.2) is 6.10 Å². The Bertz CT molecular complexity index is 917. The fourth-order valence-electron chi connectivity index (χ4n) is 3.90. The molecule has 160 valence electrons. The van der Waals surface area contributed by atoms with Gasteiger partial charge in [-0.3, -0.25) is 9.59 Å². The Kier molecular flexibility index (Phi) is 7.14. The second kappa shape index (κ2) is 9.79. The third-order valence-corrected chi connectivity index (χ3v) is 5.81. The molecule has 2 amide bonds. The summed E-state index contributed by atoms with van der Waals surface area (Å²) in [7, 11) is 0. The van der Waals surface area contributed by atoms with Crippen LogP contribution in [-0.2, 0) is 4.79 Å². The van der Waals surface area contributed by atoms with Crippen molar-refractivity contribution in [2.24, 2.45) is 0 Å². The number of nitrogens with one attached hydrogen (secondary N) is 2. The van der Waals surface area contributed by atoms with Gasteiger partial charge in [0.05, 0.1) is 11.3 Å². The molecule has 0 radical (unpaired) electrons. The molecule has 0 spiro atoms. The van der Waals surface area contributed by atoms with Crippen molar-refractivity contribution >= 4 is 17.5 Å². The molecule has 0 aliphatic heterocycles. The summed E-state index contributed by atoms with van der Waals surface area (Å²) in [6, 6.07) is 11.4. The SMILES string of the molecule is Cc1cc(C)c(C)c(O[C@@H](C)C(=O)Nc2ccccc2C(=O)NC2CCCCC2)c1. The van der Waals surface area contributed by atoms with Crippen LogP contribution in [0.1, 0.15) is 66.1 Å². The fourth-order valence-corrected chi connectivity index (χ4v) is 3.90. The van der Waals surface area contributed by atoms with Gasteiger partial charge in [0.25, 0.3) is 11.8 Å². The number of anilines is 1. The lowest BCUT2D eigenvalue weighted by Crippen LogP contribution is -2.37. The number of hydrogen-bond donors (Lipinski definition) is 2. The Morgan fingerprint density at radius 2 is 1.73 bits per heavy atom. The maximum Gasteiger partial charge on any atom is 0.265 e. The third-order valence-electron chi connectivity index (χ3n) is 5.81. The summed E-state index contributed by atoms with van der Waals surface area (Å²) in [4.78, 5) is 25.6. The van der Waals surface area contributed by atoms with Gasteiger partial charge in [-0.15, -0.1) is 0 Å². The molecule has 1 aliphatic carbocycles. The van der Waals surface area contributed by atoms with Crippen molar-refractivity contribution in [3.63, 3.8) is 0 Å². The molecule has 1 saturated carbocycles. The molecule has 30 heavy (non-hydrogen) atoms. The number of carbonyl (C=O) groups is 2. The summed E-state index contributed by atoms with van der Waals surface area (Å²) < 4.78 is 5.95. The largest absolute Gasteiger partial charge is 0.481 e. The van der Waals surface area contributed by atoms with E-state index < -0.39 is 6.10 Å². The Hall–Kier alpha value is -2.82. The average molecular weight is 409 g/mol. The van der Waals surface area contributed by atoms with E-state index in [4.69, 9.17) is 4.74 Å². The first-order valence-corrected chi connectivity index (χ1v) is 10.8. The summed E-state index contributed by atoms with van der Waals surface area (Å²) in [5, 5.41) is 5.99. The third kappa shape index (κ3) is 5.41. The zero-order valence-electron chi connectivity index (χ0n) is 18.4. The van der Waals surface area contributed by atoms with Crippen LogP contribution < -0.4 is 15.4 Å². The number of carbonyl (C=O) groups excluding carboxylic acids is 2. The van der Waals surface area contributed by atoms with E-state index in [1.54, 1.807) is 19.1 Å². The fraction of sp³-hybridized carbons (Fsp3) is 0.440. The maximum atomic E-state index is 12.8. The van der Waals surface area contributed by atoms with Gasteiger partial charge in [0, 0.05) is 6.04 Å². The molecule has 5 heteroatoms. The van der Waals surface area contributed by atoms with Gasteiger partial charge < -0.3 is 15.4 Å². The number of rotatable bonds is 6. The summed E-state index contributed by atoms with van der Waals surface area (Å²) in [6.07, 6.45) is 4.86. The van der Waals surface area contributed by atoms with Gasteiger partial charge in [-0.05, 0) is 75.4 Å². The highest BCUT2D eigenvalue weighted by molar-refractivity contribution is 6.04. The molecule has 0 bridgehead atoms. The first-order chi connectivity index (χ1) is 14.3. The monoisotopic (exact) mass is 408 g/mol. The van der Waals surface area contributed by atoms with Crippen molar-refractivity contribution in [3.05, 3.63) is 58.7 Å². The molecule has 1 fully saturated rings. The van der Waals surface area contributed by atoms with Crippen LogP contribution in [0.5, 0.6) is 5.75 Å². The van der Waals surface area contributed by atoms with Crippen LogP contribution >= 0.6 is 0 Å². The molecular formula is C25H32N2O3. The van der Waals surface area contributed by atoms with Gasteiger partial charge in [-0.2, -0.15) is 0 Å². The molecule has 2 aromatic carbocycles. The van der Waals surface area contributed by atoms with E-state index in [1.807, 2.05) is 39.0 Å². The van der Waals surface area contributed by atoms with Gasteiger partial charge in [-0.1, -0.05) is 37.5 Å². The minimum atomic E-state index is -0.695. The Labute approximate surface area is 179 Å². The Morgan fingerprint density at radius 3 is 2.47 bits per heavy atom. The second-order valence-corrected chi connectivity index (χ2v) is 8.31. The molecule has 2 N–H and O–H groups in total. The van der Waals surface area contributed by atoms with E-state index in [9.17, 15) is 9.59 Å². The molecule has 3 rings (SSSR count). The quantitative estimate of drug-likeness (QED) is 0.700. The normalized spacial score (nSPS) is 15.3. The predicted octanol–water partition coefficient (Wildman–Crippen LogP) is 5.08. The van der Waals surface area contributed by atoms with Crippen LogP contribution in [0.4, 0.5) is 5.69 Å². The summed E-state index contributed by atoms with van der Waals surface area (Å²) in [5.41, 5.74) is 4.22. The zero-order chi connectivity index (χ0) is 21.7. The van der Waals surface area contributed by atoms with Crippen molar-refractivity contribution in [2.75, 3.05) is 5.32 Å². The standard InChI is InChI=1S/C25H32N2O3/c1-16-14-17(2)18(3)23(15-16)30-19(4)24(28)27-22-13-9-8-12-21(22)25(29)26-20-10-6-5-7-11-20/h8-9,12-15,19-20H,5-7,10-11H2,1-4H3,(H,26,29)(H,27,28)/t19-/m0/s1. The molecule has 0 saturated heterocycles. The summed E-state index contributed by atoms with van der Waals surface area (Å²) in [5.74, 6) is 0.279. The zero-order valence-corrected chi connectivity index (χ0v) is 18.4. The Balaban J connectivity index is 1.68. The number of para-hydroxylation sites is 1. The lowest BCUT2D eigenvalue weighted by atomic mass is 9.95. The lowest BCUT2D eigenvalue weighted by Gasteiger charge is -2.23. The smallest absolute Gasteiger partial charge is 0.265 e. The van der Waals surface area contributed by atoms with E-state index >= 15 is 0 Å². The van der Waals surface area contributed by atoms with Crippen molar-refractivity contribution in [3.8, 4) is 5.75 Å². The molecule has 0 aromatic heterocycles. The minimum absolute atomic E-state index is 0.142. The summed E-state index contributed by atoms with van der Waals surface area (Å²) >= 11 is 0. The molecule has 0 unspecified atom stereocenters. The van der Waals surface area contributed by atoms with Gasteiger partial charge >= 0.3 is 0 Å². The van der Waals surface area contributed by atoms with Crippen molar-refractivity contribution in [2.45, 2.75) is 71.9 Å². The number of amides is 2. The first kappa shape index (κ1) is 21.9. The van der Waals surface area contributed by atoms with Crippen molar-refractivity contribution in [1.82, 2.24) is 5.32 Å². The number of hydrogen-bond acceptors (Lipinski definition) is 3. The molecule has 1 atom stereocenters. The topological polar surface area (TPSA) is 67.4 Å². The van der Waals surface area contributed by atoms with E-state index in [0.717, 1.165) is 42.4 Å². The van der Waals surface area contributed by atoms with Crippen LogP contribution in [0.25, 0.3) is 0 Å². The predicted molar refractivity (Wildman–Crippen MR) is 120 cm³/mol. The van der Waals surface area contributed by atoms with E-state index in [2.05, 4.69) is 16.7 Å². The second-order valence-electron chi connectivity index (χ2n) is 8.31. The maximum absolute atomic E-state index is 12.8. The average Bonchev–Trinajstić information content (AvgIpc) is 2.72. The number of aryl methyl sites for hydroxylation is 2. The highest BCUT2D eigenvalue weighted by atomic mass is 16.5. The molecular weight excluding hydrogens is 376 g/mol. The van der Waals surface area contributed by atoms with Crippen LogP contribution in [0.15, 0.2) is 36.4 Å². The lowest BCUT2D eigenvalue weighted by molar-refractivity contribution is -0.122. The molecule has 1 aliphatic rings. The van der Waals surface area contributed by atoms with E-state index in [1.165, 1.54) is 6.42 Å². The van der Waals surface area contributed by atoms with Gasteiger partial charge in [0.2, 0.25) is 0 Å². The van der Waals surface area contributed by atoms with Crippen molar-refractivity contribution < 1.29 is 14.3 Å². The van der Waals surface area contributed by atoms with Gasteiger partial charge in [0.1, 0.15) is 5.75 Å². The Morgan fingerprint density at radius 1 is 1.03 bits per heavy atom. The number of ether oxygens (including phenoxy) is 1. The van der Waals surface area contributed by atoms with Gasteiger partial charge in [-0.25, -0.2) is 0 Å². The van der Waals surface area contributed by atoms with Crippen LogP contribution in [0.2, 0.25) is 0 Å². The highest BCUT2D eigenvalue weighted by Crippen LogP contribution is 2.25. The molecule has 5 nitrogen and oxygen atoms in total. The molecule has 2 aromatic rings. The highest BCUT2D eigenvalue weighted by Gasteiger charge is 2.21. The first-order valence-electron chi connectivity index (χ1n) is 10.8. The van der Waals surface area contributed by atoms with Crippen LogP contribution in [-0.4, -0.2) is 24.0 Å². The van der Waals surface area contributed by atoms with Crippen LogP contribution in [0, 0.1) is 20.8 Å². The molecule has 0 heterocycles. The number of benzene rings is 2. The van der Waals surface area contributed by atoms with E-state index in [0.29, 0.717) is 17.0 Å². The summed E-state index contributed by atoms with van der Waals surface area (Å²) in [6.45, 7) is 7.74.